The van der Waals surface area contributed by atoms with Crippen LogP contribution in [0.1, 0.15) is 95.2 Å². The molecule has 0 saturated heterocycles. The Labute approximate surface area is 165 Å². The smallest absolute Gasteiger partial charge is 0.160 e. The minimum Gasteiger partial charge on any atom is -0.260 e. The van der Waals surface area contributed by atoms with Crippen molar-refractivity contribution in [1.29, 1.82) is 0 Å². The number of aromatic nitrogens is 3. The summed E-state index contributed by atoms with van der Waals surface area (Å²) in [6.07, 6.45) is 20.2. The van der Waals surface area contributed by atoms with Crippen molar-refractivity contribution in [2.45, 2.75) is 90.4 Å². The van der Waals surface area contributed by atoms with Crippen LogP contribution in [-0.2, 0) is 6.42 Å². The lowest BCUT2D eigenvalue weighted by Gasteiger charge is -2.28. The van der Waals surface area contributed by atoms with Gasteiger partial charge in [-0.3, -0.25) is 4.98 Å². The Bertz CT molecular complexity index is 655. The highest BCUT2D eigenvalue weighted by Crippen LogP contribution is 2.37. The van der Waals surface area contributed by atoms with Crippen molar-refractivity contribution in [3.05, 3.63) is 42.0 Å². The van der Waals surface area contributed by atoms with Gasteiger partial charge in [-0.2, -0.15) is 0 Å². The Hall–Kier alpha value is -1.77. The van der Waals surface area contributed by atoms with Crippen molar-refractivity contribution in [1.82, 2.24) is 15.0 Å². The lowest BCUT2D eigenvalue weighted by Crippen LogP contribution is -2.14. The molecule has 0 unspecified atom stereocenters. The van der Waals surface area contributed by atoms with Gasteiger partial charge in [-0.05, 0) is 62.1 Å². The van der Waals surface area contributed by atoms with Crippen LogP contribution in [0, 0.1) is 5.92 Å². The second-order valence-electron chi connectivity index (χ2n) is 8.20. The Morgan fingerprint density at radius 3 is 2.19 bits per heavy atom. The maximum atomic E-state index is 4.77. The van der Waals surface area contributed by atoms with E-state index < -0.39 is 0 Å². The quantitative estimate of drug-likeness (QED) is 0.462. The van der Waals surface area contributed by atoms with Gasteiger partial charge in [0.25, 0.3) is 0 Å². The maximum absolute atomic E-state index is 4.77. The first-order valence-electron chi connectivity index (χ1n) is 11.1. The summed E-state index contributed by atoms with van der Waals surface area (Å²) in [5.41, 5.74) is 3.51. The number of pyridine rings is 1. The summed E-state index contributed by atoms with van der Waals surface area (Å²) in [6, 6.07) is 4.35. The van der Waals surface area contributed by atoms with Crippen LogP contribution in [0.15, 0.2) is 30.7 Å². The third-order valence-corrected chi connectivity index (χ3v) is 6.05. The first kappa shape index (κ1) is 20.0. The van der Waals surface area contributed by atoms with E-state index in [0.717, 1.165) is 23.7 Å². The molecule has 0 spiro atoms. The predicted octanol–water partition coefficient (Wildman–Crippen LogP) is 6.74. The topological polar surface area (TPSA) is 38.7 Å². The van der Waals surface area contributed by atoms with Crippen LogP contribution in [0.3, 0.4) is 0 Å². The van der Waals surface area contributed by atoms with Crippen molar-refractivity contribution < 1.29 is 0 Å². The molecule has 0 amide bonds. The summed E-state index contributed by atoms with van der Waals surface area (Å²) in [5.74, 6) is 2.38. The molecule has 1 aliphatic rings. The van der Waals surface area contributed by atoms with Crippen LogP contribution >= 0.6 is 0 Å². The third kappa shape index (κ3) is 5.85. The molecule has 0 bridgehead atoms. The van der Waals surface area contributed by atoms with Crippen LogP contribution < -0.4 is 0 Å². The first-order chi connectivity index (χ1) is 13.3. The molecule has 0 aromatic carbocycles. The van der Waals surface area contributed by atoms with Crippen molar-refractivity contribution >= 4 is 0 Å². The molecule has 0 N–H and O–H groups in total. The van der Waals surface area contributed by atoms with E-state index in [1.54, 1.807) is 0 Å². The Balaban J connectivity index is 1.54. The Morgan fingerprint density at radius 1 is 0.815 bits per heavy atom. The number of aryl methyl sites for hydroxylation is 1. The summed E-state index contributed by atoms with van der Waals surface area (Å²) >= 11 is 0. The van der Waals surface area contributed by atoms with Gasteiger partial charge >= 0.3 is 0 Å². The van der Waals surface area contributed by atoms with Crippen molar-refractivity contribution in [2.24, 2.45) is 5.92 Å². The molecule has 146 valence electrons. The maximum Gasteiger partial charge on any atom is 0.160 e. The van der Waals surface area contributed by atoms with E-state index in [4.69, 9.17) is 4.98 Å². The Kier molecular flexibility index (Phi) is 7.79. The van der Waals surface area contributed by atoms with Gasteiger partial charge in [0, 0.05) is 35.8 Å². The molecule has 0 aliphatic heterocycles. The molecule has 1 fully saturated rings. The molecule has 3 rings (SSSR count). The molecule has 2 aromatic rings. The summed E-state index contributed by atoms with van der Waals surface area (Å²) < 4.78 is 0. The zero-order chi connectivity index (χ0) is 18.9. The highest BCUT2D eigenvalue weighted by molar-refractivity contribution is 5.53. The molecule has 0 atom stereocenters. The highest BCUT2D eigenvalue weighted by atomic mass is 14.9. The van der Waals surface area contributed by atoms with Crippen molar-refractivity contribution in [3.8, 4) is 11.4 Å². The normalized spacial score (nSPS) is 19.9. The monoisotopic (exact) mass is 365 g/mol. The van der Waals surface area contributed by atoms with Gasteiger partial charge in [0.15, 0.2) is 5.82 Å². The molecule has 3 nitrogen and oxygen atoms in total. The van der Waals surface area contributed by atoms with Crippen LogP contribution in [0.4, 0.5) is 0 Å². The third-order valence-electron chi connectivity index (χ3n) is 6.05. The van der Waals surface area contributed by atoms with Crippen LogP contribution in [-0.4, -0.2) is 15.0 Å². The summed E-state index contributed by atoms with van der Waals surface area (Å²) in [5, 5.41) is 0. The van der Waals surface area contributed by atoms with E-state index >= 15 is 0 Å². The number of nitrogens with zero attached hydrogens (tertiary/aromatic N) is 3. The number of hydrogen-bond donors (Lipinski definition) is 0. The largest absolute Gasteiger partial charge is 0.260 e. The zero-order valence-electron chi connectivity index (χ0n) is 17.2. The van der Waals surface area contributed by atoms with Gasteiger partial charge in [-0.25, -0.2) is 9.97 Å². The van der Waals surface area contributed by atoms with E-state index in [9.17, 15) is 0 Å². The molecule has 2 heterocycles. The lowest BCUT2D eigenvalue weighted by atomic mass is 9.78. The minimum atomic E-state index is 0.638. The average Bonchev–Trinajstić information content (AvgIpc) is 2.73. The van der Waals surface area contributed by atoms with Crippen molar-refractivity contribution in [3.63, 3.8) is 0 Å². The number of hydrogen-bond acceptors (Lipinski definition) is 3. The zero-order valence-corrected chi connectivity index (χ0v) is 17.2. The fourth-order valence-corrected chi connectivity index (χ4v) is 4.23. The average molecular weight is 366 g/mol. The van der Waals surface area contributed by atoms with Crippen molar-refractivity contribution in [2.75, 3.05) is 0 Å². The molecular formula is C24H35N3. The summed E-state index contributed by atoms with van der Waals surface area (Å²) in [7, 11) is 0. The second kappa shape index (κ2) is 10.5. The van der Waals surface area contributed by atoms with Gasteiger partial charge in [0.05, 0.1) is 0 Å². The number of rotatable bonds is 9. The first-order valence-corrected chi connectivity index (χ1v) is 11.1. The van der Waals surface area contributed by atoms with Crippen LogP contribution in [0.25, 0.3) is 11.4 Å². The Morgan fingerprint density at radius 2 is 1.56 bits per heavy atom. The lowest BCUT2D eigenvalue weighted by molar-refractivity contribution is 0.301. The SMILES string of the molecule is CCCCCc1cnc(-c2ccc(C3CCC(CCCC)CC3)nc2)nc1. The van der Waals surface area contributed by atoms with E-state index in [-0.39, 0.29) is 0 Å². The molecule has 1 aliphatic carbocycles. The van der Waals surface area contributed by atoms with Gasteiger partial charge in [0.2, 0.25) is 0 Å². The van der Waals surface area contributed by atoms with E-state index in [1.807, 2.05) is 18.6 Å². The van der Waals surface area contributed by atoms with Gasteiger partial charge in [-0.1, -0.05) is 46.0 Å². The molecular weight excluding hydrogens is 330 g/mol. The summed E-state index contributed by atoms with van der Waals surface area (Å²) in [6.45, 7) is 4.52. The van der Waals surface area contributed by atoms with E-state index in [0.29, 0.717) is 5.92 Å². The second-order valence-corrected chi connectivity index (χ2v) is 8.20. The molecule has 27 heavy (non-hydrogen) atoms. The predicted molar refractivity (Wildman–Crippen MR) is 113 cm³/mol. The molecule has 0 radical (unpaired) electrons. The van der Waals surface area contributed by atoms with Crippen LogP contribution in [0.2, 0.25) is 0 Å². The van der Waals surface area contributed by atoms with E-state index in [2.05, 4.69) is 35.9 Å². The minimum absolute atomic E-state index is 0.638. The standard InChI is InChI=1S/C24H35N3/c1-3-5-7-9-20-16-26-24(27-17-20)22-14-15-23(25-18-22)21-12-10-19(11-13-21)8-6-4-2/h14-19,21H,3-13H2,1-2H3. The molecule has 2 aromatic heterocycles. The van der Waals surface area contributed by atoms with Gasteiger partial charge in [-0.15, -0.1) is 0 Å². The molecule has 3 heteroatoms. The van der Waals surface area contributed by atoms with E-state index in [1.165, 1.54) is 75.5 Å². The number of unbranched alkanes of at least 4 members (excludes halogenated alkanes) is 3. The van der Waals surface area contributed by atoms with Gasteiger partial charge in [0.1, 0.15) is 0 Å². The fraction of sp³-hybridized carbons (Fsp3) is 0.625. The summed E-state index contributed by atoms with van der Waals surface area (Å²) in [4.78, 5) is 13.9. The highest BCUT2D eigenvalue weighted by Gasteiger charge is 2.22. The molecule has 1 saturated carbocycles. The fourth-order valence-electron chi connectivity index (χ4n) is 4.23. The van der Waals surface area contributed by atoms with Crippen LogP contribution in [0.5, 0.6) is 0 Å². The van der Waals surface area contributed by atoms with Gasteiger partial charge < -0.3 is 0 Å².